The third kappa shape index (κ3) is 3.74. The highest BCUT2D eigenvalue weighted by Crippen LogP contribution is 2.27. The summed E-state index contributed by atoms with van der Waals surface area (Å²) < 4.78 is 35.7. The van der Waals surface area contributed by atoms with Gasteiger partial charge in [-0.25, -0.2) is 17.6 Å². The SMILES string of the molecule is O=C(Nc1cc(Cl)c(F)c(Cl)c1)N[C@@H]1CCS(=O)(=O)C1. The van der Waals surface area contributed by atoms with Crippen LogP contribution in [0.2, 0.25) is 10.0 Å². The van der Waals surface area contributed by atoms with E-state index in [1.165, 1.54) is 12.1 Å². The maximum atomic E-state index is 13.2. The number of anilines is 1. The number of carbonyl (C=O) groups is 1. The molecule has 20 heavy (non-hydrogen) atoms. The molecule has 1 fully saturated rings. The number of halogens is 3. The van der Waals surface area contributed by atoms with Crippen molar-refractivity contribution in [2.75, 3.05) is 16.8 Å². The minimum atomic E-state index is -3.07. The van der Waals surface area contributed by atoms with Gasteiger partial charge in [-0.15, -0.1) is 0 Å². The highest BCUT2D eigenvalue weighted by Gasteiger charge is 2.28. The number of rotatable bonds is 2. The fraction of sp³-hybridized carbons (Fsp3) is 0.364. The zero-order chi connectivity index (χ0) is 14.9. The molecule has 1 saturated heterocycles. The molecule has 1 atom stereocenters. The molecule has 1 aliphatic rings. The van der Waals surface area contributed by atoms with Gasteiger partial charge >= 0.3 is 6.03 Å². The fourth-order valence-electron chi connectivity index (χ4n) is 1.89. The summed E-state index contributed by atoms with van der Waals surface area (Å²) in [6.45, 7) is 0. The predicted molar refractivity (Wildman–Crippen MR) is 75.6 cm³/mol. The molecule has 0 aromatic heterocycles. The van der Waals surface area contributed by atoms with Gasteiger partial charge in [0.15, 0.2) is 15.7 Å². The Labute approximate surface area is 125 Å². The van der Waals surface area contributed by atoms with Gasteiger partial charge in [0, 0.05) is 11.7 Å². The van der Waals surface area contributed by atoms with E-state index in [-0.39, 0.29) is 27.2 Å². The van der Waals surface area contributed by atoms with Crippen molar-refractivity contribution >= 4 is 44.8 Å². The summed E-state index contributed by atoms with van der Waals surface area (Å²) in [6, 6.07) is 1.42. The van der Waals surface area contributed by atoms with Crippen LogP contribution in [0.4, 0.5) is 14.9 Å². The van der Waals surface area contributed by atoms with E-state index in [1.807, 2.05) is 0 Å². The van der Waals surface area contributed by atoms with Crippen LogP contribution in [0.5, 0.6) is 0 Å². The van der Waals surface area contributed by atoms with Crippen LogP contribution >= 0.6 is 23.2 Å². The largest absolute Gasteiger partial charge is 0.334 e. The van der Waals surface area contributed by atoms with Gasteiger partial charge in [0.25, 0.3) is 0 Å². The maximum absolute atomic E-state index is 13.2. The number of amides is 2. The van der Waals surface area contributed by atoms with E-state index < -0.39 is 27.7 Å². The second-order valence-electron chi connectivity index (χ2n) is 4.45. The van der Waals surface area contributed by atoms with Crippen LogP contribution in [0, 0.1) is 5.82 Å². The summed E-state index contributed by atoms with van der Waals surface area (Å²) in [5, 5.41) is 4.53. The molecule has 5 nitrogen and oxygen atoms in total. The summed E-state index contributed by atoms with van der Waals surface area (Å²) in [4.78, 5) is 11.7. The van der Waals surface area contributed by atoms with Crippen LogP contribution in [0.15, 0.2) is 12.1 Å². The molecule has 2 rings (SSSR count). The van der Waals surface area contributed by atoms with Crippen LogP contribution in [0.3, 0.4) is 0 Å². The zero-order valence-corrected chi connectivity index (χ0v) is 12.4. The number of nitrogens with one attached hydrogen (secondary N) is 2. The van der Waals surface area contributed by atoms with Crippen molar-refractivity contribution in [1.82, 2.24) is 5.32 Å². The van der Waals surface area contributed by atoms with E-state index in [2.05, 4.69) is 10.6 Å². The van der Waals surface area contributed by atoms with Gasteiger partial charge in [0.2, 0.25) is 0 Å². The second-order valence-corrected chi connectivity index (χ2v) is 7.50. The van der Waals surface area contributed by atoms with E-state index >= 15 is 0 Å². The molecular formula is C11H11Cl2FN2O3S. The normalized spacial score (nSPS) is 20.6. The standard InChI is InChI=1S/C11H11Cl2FN2O3S/c12-8-3-7(4-9(13)10(8)14)16-11(17)15-6-1-2-20(18,19)5-6/h3-4,6H,1-2,5H2,(H2,15,16,17)/t6-/m1/s1. The molecule has 0 spiro atoms. The summed E-state index contributed by atoms with van der Waals surface area (Å²) >= 11 is 11.2. The molecule has 1 aromatic carbocycles. The third-order valence-electron chi connectivity index (χ3n) is 2.81. The topological polar surface area (TPSA) is 75.3 Å². The Morgan fingerprint density at radius 2 is 1.90 bits per heavy atom. The number of benzene rings is 1. The average Bonchev–Trinajstić information content (AvgIpc) is 2.65. The van der Waals surface area contributed by atoms with Crippen molar-refractivity contribution in [3.63, 3.8) is 0 Å². The van der Waals surface area contributed by atoms with Gasteiger partial charge in [0.05, 0.1) is 21.6 Å². The van der Waals surface area contributed by atoms with Gasteiger partial charge in [-0.05, 0) is 18.6 Å². The highest BCUT2D eigenvalue weighted by molar-refractivity contribution is 7.91. The molecule has 2 N–H and O–H groups in total. The molecule has 9 heteroatoms. The second kappa shape index (κ2) is 5.75. The Balaban J connectivity index is 1.99. The van der Waals surface area contributed by atoms with Crippen molar-refractivity contribution in [2.45, 2.75) is 12.5 Å². The molecule has 0 radical (unpaired) electrons. The Hall–Kier alpha value is -1.05. The van der Waals surface area contributed by atoms with Crippen molar-refractivity contribution in [3.05, 3.63) is 28.0 Å². The van der Waals surface area contributed by atoms with E-state index in [4.69, 9.17) is 23.2 Å². The first-order valence-electron chi connectivity index (χ1n) is 5.69. The Kier molecular flexibility index (Phi) is 4.41. The van der Waals surface area contributed by atoms with Gasteiger partial charge < -0.3 is 10.6 Å². The molecule has 0 unspecified atom stereocenters. The van der Waals surface area contributed by atoms with Gasteiger partial charge in [-0.2, -0.15) is 0 Å². The van der Waals surface area contributed by atoms with Crippen molar-refractivity contribution in [2.24, 2.45) is 0 Å². The number of urea groups is 1. The molecule has 0 aliphatic carbocycles. The van der Waals surface area contributed by atoms with E-state index in [0.29, 0.717) is 6.42 Å². The van der Waals surface area contributed by atoms with Gasteiger partial charge in [-0.3, -0.25) is 0 Å². The Morgan fingerprint density at radius 3 is 2.40 bits per heavy atom. The van der Waals surface area contributed by atoms with Crippen LogP contribution in [0.25, 0.3) is 0 Å². The first-order valence-corrected chi connectivity index (χ1v) is 8.27. The molecule has 110 valence electrons. The number of hydrogen-bond donors (Lipinski definition) is 2. The minimum Gasteiger partial charge on any atom is -0.334 e. The van der Waals surface area contributed by atoms with Gasteiger partial charge in [0.1, 0.15) is 0 Å². The van der Waals surface area contributed by atoms with Crippen LogP contribution < -0.4 is 10.6 Å². The lowest BCUT2D eigenvalue weighted by Crippen LogP contribution is -2.38. The summed E-state index contributed by atoms with van der Waals surface area (Å²) in [7, 11) is -3.07. The third-order valence-corrected chi connectivity index (χ3v) is 5.13. The Bertz CT molecular complexity index is 628. The van der Waals surface area contributed by atoms with Crippen molar-refractivity contribution in [1.29, 1.82) is 0 Å². The molecule has 1 heterocycles. The first-order chi connectivity index (χ1) is 9.27. The average molecular weight is 341 g/mol. The lowest BCUT2D eigenvalue weighted by molar-refractivity contribution is 0.249. The molecule has 2 amide bonds. The first kappa shape index (κ1) is 15.3. The fourth-order valence-corrected chi connectivity index (χ4v) is 4.05. The van der Waals surface area contributed by atoms with Crippen LogP contribution in [0.1, 0.15) is 6.42 Å². The van der Waals surface area contributed by atoms with Crippen molar-refractivity contribution < 1.29 is 17.6 Å². The lowest BCUT2D eigenvalue weighted by atomic mass is 10.3. The highest BCUT2D eigenvalue weighted by atomic mass is 35.5. The van der Waals surface area contributed by atoms with Crippen molar-refractivity contribution in [3.8, 4) is 0 Å². The molecule has 1 aliphatic heterocycles. The van der Waals surface area contributed by atoms with Gasteiger partial charge in [-0.1, -0.05) is 23.2 Å². The number of hydrogen-bond acceptors (Lipinski definition) is 3. The van der Waals surface area contributed by atoms with Crippen LogP contribution in [-0.4, -0.2) is 32.0 Å². The molecule has 0 bridgehead atoms. The smallest absolute Gasteiger partial charge is 0.319 e. The Morgan fingerprint density at radius 1 is 1.30 bits per heavy atom. The number of carbonyl (C=O) groups excluding carboxylic acids is 1. The molecule has 1 aromatic rings. The zero-order valence-electron chi connectivity index (χ0n) is 10.1. The lowest BCUT2D eigenvalue weighted by Gasteiger charge is -2.12. The summed E-state index contributed by atoms with van der Waals surface area (Å²) in [5.74, 6) is -0.779. The van der Waals surface area contributed by atoms with E-state index in [0.717, 1.165) is 0 Å². The van der Waals surface area contributed by atoms with E-state index in [9.17, 15) is 17.6 Å². The summed E-state index contributed by atoms with van der Waals surface area (Å²) in [6.07, 6.45) is 0.376. The van der Waals surface area contributed by atoms with Crippen LogP contribution in [-0.2, 0) is 9.84 Å². The molecule has 0 saturated carbocycles. The predicted octanol–water partition coefficient (Wildman–Crippen LogP) is 2.44. The number of sulfone groups is 1. The van der Waals surface area contributed by atoms with E-state index in [1.54, 1.807) is 0 Å². The summed E-state index contributed by atoms with van der Waals surface area (Å²) in [5.41, 5.74) is 0.222. The minimum absolute atomic E-state index is 0.0617. The maximum Gasteiger partial charge on any atom is 0.319 e. The molecular weight excluding hydrogens is 330 g/mol. The monoisotopic (exact) mass is 340 g/mol. The quantitative estimate of drug-likeness (QED) is 0.812.